The average Bonchev–Trinajstić information content (AvgIpc) is 2.48. The third-order valence-corrected chi connectivity index (χ3v) is 3.33. The first-order chi connectivity index (χ1) is 11.2. The fraction of sp³-hybridized carbons (Fsp3) is 0.438. The van der Waals surface area contributed by atoms with Gasteiger partial charge in [0.1, 0.15) is 6.04 Å². The van der Waals surface area contributed by atoms with Gasteiger partial charge in [-0.1, -0.05) is 13.0 Å². The van der Waals surface area contributed by atoms with Gasteiger partial charge in [-0.15, -0.1) is 0 Å². The molecule has 3 N–H and O–H groups in total. The van der Waals surface area contributed by atoms with E-state index in [0.29, 0.717) is 0 Å². The van der Waals surface area contributed by atoms with Crippen molar-refractivity contribution in [1.29, 1.82) is 0 Å². The van der Waals surface area contributed by atoms with Crippen molar-refractivity contribution >= 4 is 17.8 Å². The van der Waals surface area contributed by atoms with E-state index < -0.39 is 41.4 Å². The van der Waals surface area contributed by atoms with Gasteiger partial charge in [0.2, 0.25) is 11.8 Å². The minimum Gasteiger partial charge on any atom is -0.466 e. The van der Waals surface area contributed by atoms with E-state index in [9.17, 15) is 23.2 Å². The number of carbonyl (C=O) groups is 3. The monoisotopic (exact) mass is 342 g/mol. The molecule has 0 aliphatic heterocycles. The maximum absolute atomic E-state index is 13.1. The normalized spacial score (nSPS) is 13.0. The molecule has 6 nitrogen and oxygen atoms in total. The van der Waals surface area contributed by atoms with Crippen LogP contribution in [-0.4, -0.2) is 30.4 Å². The molecule has 24 heavy (non-hydrogen) atoms. The smallest absolute Gasteiger partial charge is 0.306 e. The Morgan fingerprint density at radius 2 is 1.92 bits per heavy atom. The molecule has 0 saturated heterocycles. The molecule has 8 heteroatoms. The highest BCUT2D eigenvalue weighted by molar-refractivity contribution is 5.88. The standard InChI is InChI=1S/C16H20F2N2O4/c1-3-24-14(22)6-9(2)15(16(19)23)20-13(21)8-10-4-5-11(17)12(18)7-10/h4-5,7,9,15H,3,6,8H2,1-2H3,(H2,19,23)(H,20,21)/t9-,15+/m0/s1. The molecule has 0 bridgehead atoms. The van der Waals surface area contributed by atoms with Crippen molar-refractivity contribution in [2.24, 2.45) is 11.7 Å². The van der Waals surface area contributed by atoms with Crippen LogP contribution in [0.2, 0.25) is 0 Å². The molecular formula is C16H20F2N2O4. The summed E-state index contributed by atoms with van der Waals surface area (Å²) in [5, 5.41) is 2.41. The van der Waals surface area contributed by atoms with Gasteiger partial charge in [0.05, 0.1) is 19.4 Å². The SMILES string of the molecule is CCOC(=O)C[C@H](C)[C@@H](NC(=O)Cc1ccc(F)c(F)c1)C(N)=O. The second kappa shape index (κ2) is 8.95. The summed E-state index contributed by atoms with van der Waals surface area (Å²) in [5.74, 6) is -4.56. The highest BCUT2D eigenvalue weighted by Crippen LogP contribution is 2.12. The molecule has 0 unspecified atom stereocenters. The summed E-state index contributed by atoms with van der Waals surface area (Å²) in [7, 11) is 0. The number of halogens is 2. The number of hydrogen-bond donors (Lipinski definition) is 2. The van der Waals surface area contributed by atoms with Gasteiger partial charge in [0, 0.05) is 0 Å². The number of ether oxygens (including phenoxy) is 1. The van der Waals surface area contributed by atoms with Crippen molar-refractivity contribution in [1.82, 2.24) is 5.32 Å². The summed E-state index contributed by atoms with van der Waals surface area (Å²) in [6, 6.07) is 2.00. The van der Waals surface area contributed by atoms with Crippen molar-refractivity contribution in [2.45, 2.75) is 32.7 Å². The van der Waals surface area contributed by atoms with Crippen molar-refractivity contribution in [2.75, 3.05) is 6.61 Å². The number of benzene rings is 1. The Hall–Kier alpha value is -2.51. The summed E-state index contributed by atoms with van der Waals surface area (Å²) in [6.07, 6.45) is -0.347. The molecule has 2 atom stereocenters. The third-order valence-electron chi connectivity index (χ3n) is 3.33. The molecule has 0 radical (unpaired) electrons. The number of esters is 1. The Balaban J connectivity index is 2.69. The van der Waals surface area contributed by atoms with Crippen LogP contribution in [0.3, 0.4) is 0 Å². The number of nitrogens with two attached hydrogens (primary N) is 1. The van der Waals surface area contributed by atoms with Crippen LogP contribution in [0.5, 0.6) is 0 Å². The van der Waals surface area contributed by atoms with E-state index in [2.05, 4.69) is 5.32 Å². The lowest BCUT2D eigenvalue weighted by atomic mass is 9.97. The lowest BCUT2D eigenvalue weighted by Crippen LogP contribution is -2.49. The van der Waals surface area contributed by atoms with Crippen LogP contribution in [0.4, 0.5) is 8.78 Å². The van der Waals surface area contributed by atoms with E-state index in [1.54, 1.807) is 13.8 Å². The summed E-state index contributed by atoms with van der Waals surface area (Å²) in [5.41, 5.74) is 5.50. The fourth-order valence-corrected chi connectivity index (χ4v) is 2.15. The molecule has 2 amide bonds. The maximum Gasteiger partial charge on any atom is 0.306 e. The van der Waals surface area contributed by atoms with Crippen LogP contribution in [0.15, 0.2) is 18.2 Å². The summed E-state index contributed by atoms with van der Waals surface area (Å²) < 4.78 is 30.8. The Morgan fingerprint density at radius 3 is 2.46 bits per heavy atom. The second-order valence-corrected chi connectivity index (χ2v) is 5.36. The quantitative estimate of drug-likeness (QED) is 0.690. The zero-order valence-electron chi connectivity index (χ0n) is 13.5. The topological polar surface area (TPSA) is 98.5 Å². The summed E-state index contributed by atoms with van der Waals surface area (Å²) in [6.45, 7) is 3.43. The lowest BCUT2D eigenvalue weighted by molar-refractivity contribution is -0.144. The van der Waals surface area contributed by atoms with Gasteiger partial charge in [0.25, 0.3) is 0 Å². The predicted octanol–water partition coefficient (Wildman–Crippen LogP) is 1.07. The lowest BCUT2D eigenvalue weighted by Gasteiger charge is -2.21. The van der Waals surface area contributed by atoms with E-state index in [0.717, 1.165) is 12.1 Å². The molecule has 0 fully saturated rings. The van der Waals surface area contributed by atoms with Crippen molar-refractivity contribution in [3.8, 4) is 0 Å². The highest BCUT2D eigenvalue weighted by Gasteiger charge is 2.27. The number of hydrogen-bond acceptors (Lipinski definition) is 4. The number of primary amides is 1. The molecular weight excluding hydrogens is 322 g/mol. The minimum absolute atomic E-state index is 0.0904. The largest absolute Gasteiger partial charge is 0.466 e. The predicted molar refractivity (Wildman–Crippen MR) is 81.6 cm³/mol. The summed E-state index contributed by atoms with van der Waals surface area (Å²) >= 11 is 0. The molecule has 0 heterocycles. The first-order valence-electron chi connectivity index (χ1n) is 7.42. The van der Waals surface area contributed by atoms with Crippen LogP contribution in [0, 0.1) is 17.6 Å². The van der Waals surface area contributed by atoms with Crippen LogP contribution in [0.25, 0.3) is 0 Å². The first-order valence-corrected chi connectivity index (χ1v) is 7.42. The van der Waals surface area contributed by atoms with E-state index in [1.807, 2.05) is 0 Å². The zero-order valence-corrected chi connectivity index (χ0v) is 13.5. The van der Waals surface area contributed by atoms with Gasteiger partial charge in [-0.3, -0.25) is 14.4 Å². The van der Waals surface area contributed by atoms with E-state index in [1.165, 1.54) is 6.07 Å². The number of rotatable bonds is 8. The van der Waals surface area contributed by atoms with E-state index >= 15 is 0 Å². The van der Waals surface area contributed by atoms with Crippen molar-refractivity contribution in [3.05, 3.63) is 35.4 Å². The van der Waals surface area contributed by atoms with Crippen LogP contribution < -0.4 is 11.1 Å². The van der Waals surface area contributed by atoms with Gasteiger partial charge >= 0.3 is 5.97 Å². The molecule has 0 aliphatic rings. The van der Waals surface area contributed by atoms with Gasteiger partial charge in [-0.2, -0.15) is 0 Å². The number of amides is 2. The van der Waals surface area contributed by atoms with E-state index in [4.69, 9.17) is 10.5 Å². The maximum atomic E-state index is 13.1. The second-order valence-electron chi connectivity index (χ2n) is 5.36. The number of nitrogens with one attached hydrogen (secondary N) is 1. The Kier molecular flexibility index (Phi) is 7.29. The van der Waals surface area contributed by atoms with Gasteiger partial charge in [-0.05, 0) is 30.5 Å². The van der Waals surface area contributed by atoms with Gasteiger partial charge in [-0.25, -0.2) is 8.78 Å². The Bertz CT molecular complexity index is 622. The molecule has 1 aromatic rings. The zero-order chi connectivity index (χ0) is 18.3. The van der Waals surface area contributed by atoms with Gasteiger partial charge in [0.15, 0.2) is 11.6 Å². The van der Waals surface area contributed by atoms with Crippen molar-refractivity contribution in [3.63, 3.8) is 0 Å². The van der Waals surface area contributed by atoms with Crippen LogP contribution >= 0.6 is 0 Å². The average molecular weight is 342 g/mol. The molecule has 0 aromatic heterocycles. The van der Waals surface area contributed by atoms with Crippen molar-refractivity contribution < 1.29 is 27.9 Å². The molecule has 0 saturated carbocycles. The summed E-state index contributed by atoms with van der Waals surface area (Å²) in [4.78, 5) is 35.0. The minimum atomic E-state index is -1.08. The van der Waals surface area contributed by atoms with Crippen LogP contribution in [0.1, 0.15) is 25.8 Å². The highest BCUT2D eigenvalue weighted by atomic mass is 19.2. The first kappa shape index (κ1) is 19.5. The Morgan fingerprint density at radius 1 is 1.25 bits per heavy atom. The molecule has 1 aromatic carbocycles. The van der Waals surface area contributed by atoms with E-state index in [-0.39, 0.29) is 25.0 Å². The number of carbonyl (C=O) groups excluding carboxylic acids is 3. The molecule has 0 aliphatic carbocycles. The van der Waals surface area contributed by atoms with Gasteiger partial charge < -0.3 is 15.8 Å². The molecule has 132 valence electrons. The Labute approximate surface area is 138 Å². The molecule has 0 spiro atoms. The van der Waals surface area contributed by atoms with Crippen LogP contribution in [-0.2, 0) is 25.5 Å². The fourth-order valence-electron chi connectivity index (χ4n) is 2.15. The third kappa shape index (κ3) is 5.94. The molecule has 1 rings (SSSR count).